The minimum absolute atomic E-state index is 0.0176. The Morgan fingerprint density at radius 2 is 1.92 bits per heavy atom. The van der Waals surface area contributed by atoms with E-state index in [-0.39, 0.29) is 5.76 Å². The van der Waals surface area contributed by atoms with Crippen LogP contribution in [0.15, 0.2) is 22.6 Å². The van der Waals surface area contributed by atoms with Gasteiger partial charge in [-0.15, -0.1) is 0 Å². The van der Waals surface area contributed by atoms with Crippen molar-refractivity contribution < 1.29 is 33.0 Å². The van der Waals surface area contributed by atoms with E-state index in [9.17, 15) is 14.4 Å². The average molecular weight is 335 g/mol. The zero-order valence-electron chi connectivity index (χ0n) is 13.7. The topological polar surface area (TPSA) is 104 Å². The number of methoxy groups -OCH3 is 2. The zero-order chi connectivity index (χ0) is 17.9. The van der Waals surface area contributed by atoms with E-state index in [1.165, 1.54) is 14.0 Å². The number of ether oxygens (including phenoxy) is 3. The molecule has 0 radical (unpaired) electrons. The van der Waals surface area contributed by atoms with Crippen LogP contribution in [-0.2, 0) is 14.3 Å². The van der Waals surface area contributed by atoms with Crippen molar-refractivity contribution in [3.05, 3.63) is 29.5 Å². The highest BCUT2D eigenvalue weighted by molar-refractivity contribution is 5.99. The Hall–Kier alpha value is -3.03. The summed E-state index contributed by atoms with van der Waals surface area (Å²) in [5.41, 5.74) is 1.06. The number of hydrogen-bond donors (Lipinski definition) is 1. The summed E-state index contributed by atoms with van der Waals surface area (Å²) in [6.45, 7) is 3.03. The molecule has 2 aromatic rings. The van der Waals surface area contributed by atoms with Crippen LogP contribution in [0.3, 0.4) is 0 Å². The summed E-state index contributed by atoms with van der Waals surface area (Å²) in [5, 5.41) is 2.62. The van der Waals surface area contributed by atoms with E-state index in [0.29, 0.717) is 22.3 Å². The quantitative estimate of drug-likeness (QED) is 0.854. The van der Waals surface area contributed by atoms with Gasteiger partial charge in [0, 0.05) is 10.9 Å². The second-order valence-corrected chi connectivity index (χ2v) is 4.95. The van der Waals surface area contributed by atoms with Crippen LogP contribution in [0.5, 0.6) is 5.75 Å². The van der Waals surface area contributed by atoms with Gasteiger partial charge in [-0.2, -0.15) is 0 Å². The molecule has 1 atom stereocenters. The first-order valence-electron chi connectivity index (χ1n) is 7.04. The fourth-order valence-corrected chi connectivity index (χ4v) is 2.04. The predicted molar refractivity (Wildman–Crippen MR) is 82.9 cm³/mol. The second-order valence-electron chi connectivity index (χ2n) is 4.95. The Labute approximate surface area is 137 Å². The number of rotatable bonds is 4. The molecule has 24 heavy (non-hydrogen) atoms. The summed E-state index contributed by atoms with van der Waals surface area (Å²) in [7, 11) is 2.65. The average Bonchev–Trinajstić information content (AvgIpc) is 2.90. The maximum Gasteiger partial charge on any atom is 0.413 e. The number of imide groups is 1. The number of nitrogens with one attached hydrogen (secondary N) is 1. The van der Waals surface area contributed by atoms with Gasteiger partial charge in [0.25, 0.3) is 5.91 Å². The van der Waals surface area contributed by atoms with Crippen molar-refractivity contribution in [2.24, 2.45) is 0 Å². The van der Waals surface area contributed by atoms with Gasteiger partial charge in [0.05, 0.1) is 14.2 Å². The summed E-state index contributed by atoms with van der Waals surface area (Å²) in [5.74, 6) is -1.01. The number of carbonyl (C=O) groups is 3. The number of hydrogen-bond acceptors (Lipinski definition) is 7. The van der Waals surface area contributed by atoms with Crippen molar-refractivity contribution in [1.82, 2.24) is 5.32 Å². The molecule has 0 saturated carbocycles. The van der Waals surface area contributed by atoms with Crippen LogP contribution in [0.4, 0.5) is 4.79 Å². The SMILES string of the molecule is COC(=O)NC(=O)[C@H](C)OC(=O)c1oc2ccc(OC)cc2c1C. The van der Waals surface area contributed by atoms with E-state index >= 15 is 0 Å². The Morgan fingerprint density at radius 1 is 1.21 bits per heavy atom. The predicted octanol–water partition coefficient (Wildman–Crippen LogP) is 2.18. The first-order valence-corrected chi connectivity index (χ1v) is 7.04. The van der Waals surface area contributed by atoms with Crippen molar-refractivity contribution in [2.45, 2.75) is 20.0 Å². The van der Waals surface area contributed by atoms with Crippen LogP contribution in [-0.4, -0.2) is 38.3 Å². The van der Waals surface area contributed by atoms with Crippen LogP contribution in [0.25, 0.3) is 11.0 Å². The molecule has 2 rings (SSSR count). The summed E-state index contributed by atoms with van der Waals surface area (Å²) in [4.78, 5) is 34.9. The Bertz CT molecular complexity index is 793. The number of amides is 2. The summed E-state index contributed by atoms with van der Waals surface area (Å²) in [6, 6.07) is 5.11. The van der Waals surface area contributed by atoms with E-state index in [1.807, 2.05) is 5.32 Å². The van der Waals surface area contributed by atoms with Gasteiger partial charge >= 0.3 is 12.1 Å². The Kier molecular flexibility index (Phi) is 5.08. The van der Waals surface area contributed by atoms with Gasteiger partial charge < -0.3 is 18.6 Å². The van der Waals surface area contributed by atoms with E-state index in [1.54, 1.807) is 25.1 Å². The number of alkyl carbamates (subject to hydrolysis) is 1. The van der Waals surface area contributed by atoms with Crippen LogP contribution < -0.4 is 10.1 Å². The third kappa shape index (κ3) is 3.48. The molecule has 8 heteroatoms. The minimum Gasteiger partial charge on any atom is -0.497 e. The van der Waals surface area contributed by atoms with Gasteiger partial charge in [-0.3, -0.25) is 10.1 Å². The number of benzene rings is 1. The molecule has 1 aromatic heterocycles. The number of aryl methyl sites for hydroxylation is 1. The zero-order valence-corrected chi connectivity index (χ0v) is 13.7. The van der Waals surface area contributed by atoms with Gasteiger partial charge in [-0.1, -0.05) is 0 Å². The molecule has 0 aliphatic carbocycles. The lowest BCUT2D eigenvalue weighted by molar-refractivity contribution is -0.128. The second kappa shape index (κ2) is 7.03. The molecule has 128 valence electrons. The largest absolute Gasteiger partial charge is 0.497 e. The van der Waals surface area contributed by atoms with Gasteiger partial charge in [0.1, 0.15) is 11.3 Å². The Balaban J connectivity index is 2.18. The summed E-state index contributed by atoms with van der Waals surface area (Å²) >= 11 is 0. The van der Waals surface area contributed by atoms with Gasteiger partial charge in [0.2, 0.25) is 5.76 Å². The van der Waals surface area contributed by atoms with Gasteiger partial charge in [0.15, 0.2) is 6.10 Å². The fraction of sp³-hybridized carbons (Fsp3) is 0.312. The summed E-state index contributed by atoms with van der Waals surface area (Å²) < 4.78 is 20.0. The molecular formula is C16H17NO7. The highest BCUT2D eigenvalue weighted by Crippen LogP contribution is 2.29. The first-order chi connectivity index (χ1) is 11.4. The minimum atomic E-state index is -1.20. The number of furan rings is 1. The lowest BCUT2D eigenvalue weighted by atomic mass is 10.1. The fourth-order valence-electron chi connectivity index (χ4n) is 2.04. The van der Waals surface area contributed by atoms with Crippen molar-refractivity contribution >= 4 is 28.9 Å². The molecule has 0 bridgehead atoms. The van der Waals surface area contributed by atoms with E-state index in [4.69, 9.17) is 13.9 Å². The van der Waals surface area contributed by atoms with E-state index in [2.05, 4.69) is 4.74 Å². The molecule has 2 amide bonds. The van der Waals surface area contributed by atoms with E-state index in [0.717, 1.165) is 7.11 Å². The number of carbonyl (C=O) groups excluding carboxylic acids is 3. The van der Waals surface area contributed by atoms with Crippen LogP contribution >= 0.6 is 0 Å². The summed E-state index contributed by atoms with van der Waals surface area (Å²) in [6.07, 6.45) is -2.13. The van der Waals surface area contributed by atoms with E-state index < -0.39 is 24.1 Å². The molecule has 0 spiro atoms. The molecule has 8 nitrogen and oxygen atoms in total. The highest BCUT2D eigenvalue weighted by atomic mass is 16.6. The van der Waals surface area contributed by atoms with Crippen molar-refractivity contribution in [1.29, 1.82) is 0 Å². The maximum absolute atomic E-state index is 12.2. The van der Waals surface area contributed by atoms with Crippen molar-refractivity contribution in [3.8, 4) is 5.75 Å². The monoisotopic (exact) mass is 335 g/mol. The molecule has 0 saturated heterocycles. The van der Waals surface area contributed by atoms with Crippen molar-refractivity contribution in [2.75, 3.05) is 14.2 Å². The Morgan fingerprint density at radius 3 is 2.54 bits per heavy atom. The number of fused-ring (bicyclic) bond motifs is 1. The lowest BCUT2D eigenvalue weighted by Crippen LogP contribution is -2.39. The standard InChI is InChI=1S/C16H17NO7/c1-8-11-7-10(21-3)5-6-12(11)24-13(8)15(19)23-9(2)14(18)17-16(20)22-4/h5-7,9H,1-4H3,(H,17,18,20)/t9-/m0/s1. The molecule has 1 heterocycles. The maximum atomic E-state index is 12.2. The first kappa shape index (κ1) is 17.3. The number of esters is 1. The van der Waals surface area contributed by atoms with Gasteiger partial charge in [-0.05, 0) is 32.0 Å². The van der Waals surface area contributed by atoms with Crippen molar-refractivity contribution in [3.63, 3.8) is 0 Å². The normalized spacial score (nSPS) is 11.7. The lowest BCUT2D eigenvalue weighted by Gasteiger charge is -2.11. The third-order valence-corrected chi connectivity index (χ3v) is 3.39. The van der Waals surface area contributed by atoms with Crippen LogP contribution in [0, 0.1) is 6.92 Å². The van der Waals surface area contributed by atoms with Crippen LogP contribution in [0.2, 0.25) is 0 Å². The molecule has 0 aliphatic rings. The third-order valence-electron chi connectivity index (χ3n) is 3.39. The molecule has 0 unspecified atom stereocenters. The molecular weight excluding hydrogens is 318 g/mol. The smallest absolute Gasteiger partial charge is 0.413 e. The van der Waals surface area contributed by atoms with Crippen LogP contribution in [0.1, 0.15) is 23.0 Å². The van der Waals surface area contributed by atoms with Gasteiger partial charge in [-0.25, -0.2) is 9.59 Å². The molecule has 0 aliphatic heterocycles. The highest BCUT2D eigenvalue weighted by Gasteiger charge is 2.25. The molecule has 0 fully saturated rings. The molecule has 1 aromatic carbocycles. The molecule has 1 N–H and O–H groups in total.